The number of carboxylic acid groups (broad SMARTS) is 1. The molecule has 0 unspecified atom stereocenters. The molecule has 1 saturated heterocycles. The van der Waals surface area contributed by atoms with Gasteiger partial charge in [-0.05, 0) is 19.8 Å². The fourth-order valence-corrected chi connectivity index (χ4v) is 1.91. The van der Waals surface area contributed by atoms with Gasteiger partial charge in [0.15, 0.2) is 0 Å². The second kappa shape index (κ2) is 3.62. The number of β-amino-alcohol motifs (C(OH)–C–C–N with tert-alkyl or cyclic N) is 1. The van der Waals surface area contributed by atoms with Gasteiger partial charge in [-0.3, -0.25) is 0 Å². The third-order valence-corrected chi connectivity index (χ3v) is 3.23. The lowest BCUT2D eigenvalue weighted by Crippen LogP contribution is -2.49. The molecule has 0 spiro atoms. The Labute approximate surface area is 93.2 Å². The number of carbonyl (C=O) groups is 2. The van der Waals surface area contributed by atoms with Crippen LogP contribution in [-0.2, 0) is 4.79 Å². The SMILES string of the molecule is CC1(NC(=O)N2C[C@H](O)C[C@H]2C(=O)O)CC1. The average Bonchev–Trinajstić information content (AvgIpc) is 2.76. The lowest BCUT2D eigenvalue weighted by Gasteiger charge is -2.23. The first-order chi connectivity index (χ1) is 7.41. The van der Waals surface area contributed by atoms with E-state index in [9.17, 15) is 14.7 Å². The summed E-state index contributed by atoms with van der Waals surface area (Å²) in [5.41, 5.74) is -0.173. The van der Waals surface area contributed by atoms with Crippen molar-refractivity contribution in [1.29, 1.82) is 0 Å². The van der Waals surface area contributed by atoms with Gasteiger partial charge in [0, 0.05) is 18.5 Å². The molecule has 0 bridgehead atoms. The number of carbonyl (C=O) groups excluding carboxylic acids is 1. The Morgan fingerprint density at radius 3 is 2.56 bits per heavy atom. The van der Waals surface area contributed by atoms with E-state index >= 15 is 0 Å². The number of likely N-dealkylation sites (tertiary alicyclic amines) is 1. The molecule has 2 fully saturated rings. The zero-order valence-corrected chi connectivity index (χ0v) is 9.14. The fraction of sp³-hybridized carbons (Fsp3) is 0.800. The van der Waals surface area contributed by atoms with Gasteiger partial charge in [0.05, 0.1) is 6.10 Å². The smallest absolute Gasteiger partial charge is 0.326 e. The molecule has 16 heavy (non-hydrogen) atoms. The minimum atomic E-state index is -1.06. The molecule has 0 aromatic carbocycles. The first-order valence-electron chi connectivity index (χ1n) is 5.41. The number of hydrogen-bond donors (Lipinski definition) is 3. The van der Waals surface area contributed by atoms with Gasteiger partial charge in [-0.1, -0.05) is 0 Å². The van der Waals surface area contributed by atoms with Crippen molar-refractivity contribution in [2.45, 2.75) is 43.9 Å². The molecular weight excluding hydrogens is 212 g/mol. The molecule has 1 saturated carbocycles. The van der Waals surface area contributed by atoms with Crippen LogP contribution in [0, 0.1) is 0 Å². The van der Waals surface area contributed by atoms with Crippen LogP contribution < -0.4 is 5.32 Å². The molecule has 6 heteroatoms. The number of amides is 2. The molecule has 2 amide bonds. The lowest BCUT2D eigenvalue weighted by molar-refractivity contribution is -0.141. The standard InChI is InChI=1S/C10H16N2O4/c1-10(2-3-10)11-9(16)12-5-6(13)4-7(12)8(14)15/h6-7,13H,2-5H2,1H3,(H,11,16)(H,14,15)/t6-,7+/m1/s1. The maximum Gasteiger partial charge on any atom is 0.326 e. The van der Waals surface area contributed by atoms with Crippen molar-refractivity contribution in [2.75, 3.05) is 6.54 Å². The van der Waals surface area contributed by atoms with E-state index in [0.29, 0.717) is 0 Å². The van der Waals surface area contributed by atoms with Gasteiger partial charge in [0.1, 0.15) is 6.04 Å². The van der Waals surface area contributed by atoms with E-state index < -0.39 is 18.1 Å². The average molecular weight is 228 g/mol. The number of carboxylic acids is 1. The summed E-state index contributed by atoms with van der Waals surface area (Å²) in [5, 5.41) is 21.1. The van der Waals surface area contributed by atoms with E-state index in [1.807, 2.05) is 6.92 Å². The highest BCUT2D eigenvalue weighted by molar-refractivity contribution is 5.84. The molecule has 0 aromatic rings. The number of rotatable bonds is 2. The fourth-order valence-electron chi connectivity index (χ4n) is 1.91. The van der Waals surface area contributed by atoms with Crippen LogP contribution >= 0.6 is 0 Å². The first kappa shape index (κ1) is 11.2. The molecule has 2 rings (SSSR count). The number of nitrogens with one attached hydrogen (secondary N) is 1. The van der Waals surface area contributed by atoms with Gasteiger partial charge in [-0.2, -0.15) is 0 Å². The second-order valence-electron chi connectivity index (χ2n) is 4.89. The van der Waals surface area contributed by atoms with Crippen molar-refractivity contribution in [2.24, 2.45) is 0 Å². The minimum absolute atomic E-state index is 0.0961. The highest BCUT2D eigenvalue weighted by Crippen LogP contribution is 2.34. The maximum atomic E-state index is 11.8. The predicted octanol–water partition coefficient (Wildman–Crippen LogP) is -0.232. The number of aliphatic carboxylic acids is 1. The third-order valence-electron chi connectivity index (χ3n) is 3.23. The monoisotopic (exact) mass is 228 g/mol. The Balaban J connectivity index is 2.01. The molecule has 1 heterocycles. The van der Waals surface area contributed by atoms with Crippen molar-refractivity contribution in [3.63, 3.8) is 0 Å². The molecule has 2 atom stereocenters. The maximum absolute atomic E-state index is 11.8. The summed E-state index contributed by atoms with van der Waals surface area (Å²) in [7, 11) is 0. The molecule has 3 N–H and O–H groups in total. The van der Waals surface area contributed by atoms with Gasteiger partial charge in [0.2, 0.25) is 0 Å². The Bertz CT molecular complexity index is 327. The molecular formula is C10H16N2O4. The normalized spacial score (nSPS) is 31.2. The topological polar surface area (TPSA) is 89.9 Å². The van der Waals surface area contributed by atoms with Crippen molar-refractivity contribution >= 4 is 12.0 Å². The van der Waals surface area contributed by atoms with Crippen molar-refractivity contribution in [3.05, 3.63) is 0 Å². The number of aliphatic hydroxyl groups is 1. The van der Waals surface area contributed by atoms with Crippen LogP contribution in [0.3, 0.4) is 0 Å². The van der Waals surface area contributed by atoms with Gasteiger partial charge in [0.25, 0.3) is 0 Å². The van der Waals surface area contributed by atoms with E-state index in [0.717, 1.165) is 12.8 Å². The Kier molecular flexibility index (Phi) is 2.53. The first-order valence-corrected chi connectivity index (χ1v) is 5.41. The summed E-state index contributed by atoms with van der Waals surface area (Å²) in [6, 6.07) is -1.29. The molecule has 90 valence electrons. The predicted molar refractivity (Wildman–Crippen MR) is 54.9 cm³/mol. The van der Waals surface area contributed by atoms with Crippen molar-refractivity contribution in [1.82, 2.24) is 10.2 Å². The van der Waals surface area contributed by atoms with E-state index in [4.69, 9.17) is 5.11 Å². The third kappa shape index (κ3) is 2.11. The zero-order chi connectivity index (χ0) is 11.9. The molecule has 2 aliphatic rings. The lowest BCUT2D eigenvalue weighted by atomic mass is 10.2. The van der Waals surface area contributed by atoms with Gasteiger partial charge >= 0.3 is 12.0 Å². The minimum Gasteiger partial charge on any atom is -0.480 e. The number of nitrogens with zero attached hydrogens (tertiary/aromatic N) is 1. The number of aliphatic hydroxyl groups excluding tert-OH is 1. The molecule has 0 aromatic heterocycles. The largest absolute Gasteiger partial charge is 0.480 e. The van der Waals surface area contributed by atoms with Gasteiger partial charge < -0.3 is 20.4 Å². The summed E-state index contributed by atoms with van der Waals surface area (Å²) in [5.74, 6) is -1.06. The van der Waals surface area contributed by atoms with Crippen LogP contribution in [0.2, 0.25) is 0 Å². The summed E-state index contributed by atoms with van der Waals surface area (Å²) in [4.78, 5) is 23.9. The van der Waals surface area contributed by atoms with Crippen molar-refractivity contribution in [3.8, 4) is 0 Å². The van der Waals surface area contributed by atoms with Crippen LogP contribution in [0.15, 0.2) is 0 Å². The van der Waals surface area contributed by atoms with E-state index in [1.165, 1.54) is 4.90 Å². The second-order valence-corrected chi connectivity index (χ2v) is 4.89. The molecule has 0 radical (unpaired) electrons. The highest BCUT2D eigenvalue weighted by atomic mass is 16.4. The molecule has 1 aliphatic heterocycles. The summed E-state index contributed by atoms with van der Waals surface area (Å²) in [6.45, 7) is 2.02. The summed E-state index contributed by atoms with van der Waals surface area (Å²) < 4.78 is 0. The van der Waals surface area contributed by atoms with Crippen molar-refractivity contribution < 1.29 is 19.8 Å². The van der Waals surface area contributed by atoms with E-state index in [-0.39, 0.29) is 24.5 Å². The van der Waals surface area contributed by atoms with Gasteiger partial charge in [-0.15, -0.1) is 0 Å². The zero-order valence-electron chi connectivity index (χ0n) is 9.14. The van der Waals surface area contributed by atoms with Crippen LogP contribution in [-0.4, -0.2) is 51.3 Å². The number of urea groups is 1. The summed E-state index contributed by atoms with van der Waals surface area (Å²) >= 11 is 0. The van der Waals surface area contributed by atoms with Crippen LogP contribution in [0.1, 0.15) is 26.2 Å². The highest BCUT2D eigenvalue weighted by Gasteiger charge is 2.44. The van der Waals surface area contributed by atoms with Crippen LogP contribution in [0.25, 0.3) is 0 Å². The Morgan fingerprint density at radius 2 is 2.06 bits per heavy atom. The molecule has 1 aliphatic carbocycles. The van der Waals surface area contributed by atoms with Crippen LogP contribution in [0.5, 0.6) is 0 Å². The van der Waals surface area contributed by atoms with Gasteiger partial charge in [-0.25, -0.2) is 9.59 Å². The van der Waals surface area contributed by atoms with E-state index in [2.05, 4.69) is 5.32 Å². The Hall–Kier alpha value is -1.30. The number of hydrogen-bond acceptors (Lipinski definition) is 3. The Morgan fingerprint density at radius 1 is 1.44 bits per heavy atom. The quantitative estimate of drug-likeness (QED) is 0.609. The van der Waals surface area contributed by atoms with E-state index in [1.54, 1.807) is 0 Å². The molecule has 6 nitrogen and oxygen atoms in total. The summed E-state index contributed by atoms with van der Waals surface area (Å²) in [6.07, 6.45) is 1.22. The van der Waals surface area contributed by atoms with Crippen LogP contribution in [0.4, 0.5) is 4.79 Å².